The van der Waals surface area contributed by atoms with Gasteiger partial charge in [0.05, 0.1) is 11.4 Å². The van der Waals surface area contributed by atoms with Crippen LogP contribution in [0.15, 0.2) is 48.7 Å². The number of esters is 1. The summed E-state index contributed by atoms with van der Waals surface area (Å²) in [5.41, 5.74) is 3.49. The molecule has 0 aliphatic carbocycles. The van der Waals surface area contributed by atoms with Crippen molar-refractivity contribution in [1.82, 2.24) is 9.38 Å². The quantitative estimate of drug-likeness (QED) is 0.679. The summed E-state index contributed by atoms with van der Waals surface area (Å²) < 4.78 is 12.9. The zero-order valence-electron chi connectivity index (χ0n) is 13.2. The second-order valence-electron chi connectivity index (χ2n) is 5.26. The molecule has 0 aliphatic rings. The Bertz CT molecular complexity index is 825. The van der Waals surface area contributed by atoms with E-state index in [4.69, 9.17) is 9.47 Å². The Balaban J connectivity index is 1.87. The van der Waals surface area contributed by atoms with E-state index in [2.05, 4.69) is 4.98 Å². The molecule has 5 nitrogen and oxygen atoms in total. The maximum absolute atomic E-state index is 11.0. The molecule has 0 amide bonds. The van der Waals surface area contributed by atoms with E-state index in [0.29, 0.717) is 12.4 Å². The molecule has 0 fully saturated rings. The molecule has 0 N–H and O–H groups in total. The number of fused-ring (bicyclic) bond motifs is 1. The molecule has 3 rings (SSSR count). The van der Waals surface area contributed by atoms with Gasteiger partial charge < -0.3 is 9.47 Å². The first kappa shape index (κ1) is 15.1. The third-order valence-corrected chi connectivity index (χ3v) is 3.56. The van der Waals surface area contributed by atoms with Crippen molar-refractivity contribution < 1.29 is 14.3 Å². The van der Waals surface area contributed by atoms with Crippen molar-refractivity contribution in [2.24, 2.45) is 0 Å². The van der Waals surface area contributed by atoms with E-state index in [-0.39, 0.29) is 12.6 Å². The molecular formula is C18H18N2O3. The van der Waals surface area contributed by atoms with Crippen LogP contribution in [-0.4, -0.2) is 15.4 Å². The van der Waals surface area contributed by atoms with Gasteiger partial charge in [0.1, 0.15) is 13.2 Å². The number of hydrogen-bond donors (Lipinski definition) is 0. The highest BCUT2D eigenvalue weighted by molar-refractivity contribution is 5.66. The van der Waals surface area contributed by atoms with Crippen LogP contribution in [0.2, 0.25) is 0 Å². The van der Waals surface area contributed by atoms with Crippen LogP contribution in [-0.2, 0) is 22.7 Å². The minimum absolute atomic E-state index is 0.199. The SMILES string of the molecule is CC(=O)OCc1c(C)nc2c(OCc3ccccc3)cccn12. The number of imidazole rings is 1. The van der Waals surface area contributed by atoms with E-state index in [9.17, 15) is 4.79 Å². The van der Waals surface area contributed by atoms with E-state index in [1.165, 1.54) is 6.92 Å². The fourth-order valence-corrected chi connectivity index (χ4v) is 2.40. The first-order valence-corrected chi connectivity index (χ1v) is 7.42. The maximum atomic E-state index is 11.0. The fraction of sp³-hybridized carbons (Fsp3) is 0.222. The third-order valence-electron chi connectivity index (χ3n) is 3.56. The molecule has 2 heterocycles. The van der Waals surface area contributed by atoms with Crippen molar-refractivity contribution >= 4 is 11.6 Å². The summed E-state index contributed by atoms with van der Waals surface area (Å²) in [5.74, 6) is 0.393. The van der Waals surface area contributed by atoms with Crippen molar-refractivity contribution in [1.29, 1.82) is 0 Å². The number of benzene rings is 1. The number of carbonyl (C=O) groups excluding carboxylic acids is 1. The van der Waals surface area contributed by atoms with Crippen LogP contribution in [0.25, 0.3) is 5.65 Å². The van der Waals surface area contributed by atoms with Gasteiger partial charge in [0.15, 0.2) is 11.4 Å². The van der Waals surface area contributed by atoms with Crippen LogP contribution >= 0.6 is 0 Å². The van der Waals surface area contributed by atoms with E-state index >= 15 is 0 Å². The van der Waals surface area contributed by atoms with Gasteiger partial charge in [-0.25, -0.2) is 4.98 Å². The molecule has 1 aromatic carbocycles. The lowest BCUT2D eigenvalue weighted by Gasteiger charge is -2.08. The largest absolute Gasteiger partial charge is 0.485 e. The van der Waals surface area contributed by atoms with Gasteiger partial charge in [-0.3, -0.25) is 9.20 Å². The number of carbonyl (C=O) groups is 1. The second kappa shape index (κ2) is 6.52. The number of pyridine rings is 1. The topological polar surface area (TPSA) is 52.8 Å². The molecule has 0 radical (unpaired) electrons. The molecule has 0 saturated heterocycles. The van der Waals surface area contributed by atoms with Crippen LogP contribution < -0.4 is 4.74 Å². The molecule has 118 valence electrons. The summed E-state index contributed by atoms with van der Waals surface area (Å²) in [4.78, 5) is 15.6. The average Bonchev–Trinajstić information content (AvgIpc) is 2.88. The maximum Gasteiger partial charge on any atom is 0.303 e. The normalized spacial score (nSPS) is 10.7. The van der Waals surface area contributed by atoms with Gasteiger partial charge >= 0.3 is 5.97 Å². The average molecular weight is 310 g/mol. The van der Waals surface area contributed by atoms with Crippen molar-refractivity contribution in [2.75, 3.05) is 0 Å². The van der Waals surface area contributed by atoms with Crippen LogP contribution in [0.4, 0.5) is 0 Å². The van der Waals surface area contributed by atoms with Crippen LogP contribution in [0.5, 0.6) is 5.75 Å². The predicted molar refractivity (Wildman–Crippen MR) is 86.2 cm³/mol. The van der Waals surface area contributed by atoms with E-state index in [0.717, 1.165) is 22.6 Å². The summed E-state index contributed by atoms with van der Waals surface area (Å²) in [6, 6.07) is 13.8. The van der Waals surface area contributed by atoms with Gasteiger partial charge in [-0.1, -0.05) is 30.3 Å². The summed E-state index contributed by atoms with van der Waals surface area (Å²) in [7, 11) is 0. The lowest BCUT2D eigenvalue weighted by Crippen LogP contribution is -2.03. The Labute approximate surface area is 134 Å². The lowest BCUT2D eigenvalue weighted by molar-refractivity contribution is -0.142. The van der Waals surface area contributed by atoms with Gasteiger partial charge in [0, 0.05) is 13.1 Å². The number of nitrogens with zero attached hydrogens (tertiary/aromatic N) is 2. The molecule has 23 heavy (non-hydrogen) atoms. The van der Waals surface area contributed by atoms with Gasteiger partial charge in [-0.05, 0) is 24.6 Å². The number of aromatic nitrogens is 2. The number of rotatable bonds is 5. The molecule has 0 atom stereocenters. The van der Waals surface area contributed by atoms with Crippen molar-refractivity contribution in [3.63, 3.8) is 0 Å². The summed E-state index contributed by atoms with van der Waals surface area (Å²) in [6.07, 6.45) is 1.89. The molecule has 0 unspecified atom stereocenters. The highest BCUT2D eigenvalue weighted by Gasteiger charge is 2.13. The first-order chi connectivity index (χ1) is 11.1. The minimum Gasteiger partial charge on any atom is -0.485 e. The summed E-state index contributed by atoms with van der Waals surface area (Å²) >= 11 is 0. The molecule has 3 aromatic rings. The van der Waals surface area contributed by atoms with Gasteiger partial charge in [0.25, 0.3) is 0 Å². The summed E-state index contributed by atoms with van der Waals surface area (Å²) in [6.45, 7) is 3.97. The zero-order chi connectivity index (χ0) is 16.2. The molecule has 0 bridgehead atoms. The molecule has 0 saturated carbocycles. The standard InChI is InChI=1S/C18H18N2O3/c1-13-16(12-22-14(2)21)20-10-6-9-17(18(20)19-13)23-11-15-7-4-3-5-8-15/h3-10H,11-12H2,1-2H3. The van der Waals surface area contributed by atoms with Crippen molar-refractivity contribution in [2.45, 2.75) is 27.1 Å². The second-order valence-corrected chi connectivity index (χ2v) is 5.26. The Kier molecular flexibility index (Phi) is 4.28. The van der Waals surface area contributed by atoms with Crippen LogP contribution in [0.1, 0.15) is 23.9 Å². The summed E-state index contributed by atoms with van der Waals surface area (Å²) in [5, 5.41) is 0. The highest BCUT2D eigenvalue weighted by Crippen LogP contribution is 2.23. The van der Waals surface area contributed by atoms with Crippen molar-refractivity contribution in [3.8, 4) is 5.75 Å². The smallest absolute Gasteiger partial charge is 0.303 e. The molecular weight excluding hydrogens is 292 g/mol. The fourth-order valence-electron chi connectivity index (χ4n) is 2.40. The minimum atomic E-state index is -0.309. The van der Waals surface area contributed by atoms with E-state index in [1.54, 1.807) is 0 Å². The van der Waals surface area contributed by atoms with E-state index < -0.39 is 0 Å². The predicted octanol–water partition coefficient (Wildman–Crippen LogP) is 3.28. The third kappa shape index (κ3) is 3.34. The Morgan fingerprint density at radius 1 is 1.13 bits per heavy atom. The lowest BCUT2D eigenvalue weighted by atomic mass is 10.2. The van der Waals surface area contributed by atoms with E-state index in [1.807, 2.05) is 60.0 Å². The van der Waals surface area contributed by atoms with Gasteiger partial charge in [0.2, 0.25) is 0 Å². The van der Waals surface area contributed by atoms with Crippen LogP contribution in [0.3, 0.4) is 0 Å². The Hall–Kier alpha value is -2.82. The number of hydrogen-bond acceptors (Lipinski definition) is 4. The van der Waals surface area contributed by atoms with Crippen molar-refractivity contribution in [3.05, 3.63) is 65.6 Å². The number of ether oxygens (including phenoxy) is 2. The van der Waals surface area contributed by atoms with Gasteiger partial charge in [-0.15, -0.1) is 0 Å². The highest BCUT2D eigenvalue weighted by atomic mass is 16.5. The van der Waals surface area contributed by atoms with Gasteiger partial charge in [-0.2, -0.15) is 0 Å². The number of aryl methyl sites for hydroxylation is 1. The monoisotopic (exact) mass is 310 g/mol. The first-order valence-electron chi connectivity index (χ1n) is 7.42. The Morgan fingerprint density at radius 3 is 2.65 bits per heavy atom. The molecule has 0 spiro atoms. The Morgan fingerprint density at radius 2 is 1.91 bits per heavy atom. The van der Waals surface area contributed by atoms with Crippen LogP contribution in [0, 0.1) is 6.92 Å². The molecule has 5 heteroatoms. The zero-order valence-corrected chi connectivity index (χ0v) is 13.2. The molecule has 0 aliphatic heterocycles. The molecule has 2 aromatic heterocycles.